The third-order valence-electron chi connectivity index (χ3n) is 4.98. The number of benzene rings is 1. The van der Waals surface area contributed by atoms with Crippen molar-refractivity contribution in [3.8, 4) is 0 Å². The fourth-order valence-electron chi connectivity index (χ4n) is 3.46. The number of carbonyl (C=O) groups excluding carboxylic acids is 2. The number of amides is 2. The Labute approximate surface area is 188 Å². The summed E-state index contributed by atoms with van der Waals surface area (Å²) in [5.74, 6) is -0.963. The van der Waals surface area contributed by atoms with Crippen LogP contribution < -0.4 is 10.2 Å². The van der Waals surface area contributed by atoms with Crippen LogP contribution in [0.1, 0.15) is 45.2 Å². The molecular weight excluding hydrogens is 443 g/mol. The van der Waals surface area contributed by atoms with Gasteiger partial charge in [-0.2, -0.15) is 31.8 Å². The Morgan fingerprint density at radius 2 is 1.84 bits per heavy atom. The van der Waals surface area contributed by atoms with Gasteiger partial charge in [0, 0.05) is 17.9 Å². The van der Waals surface area contributed by atoms with Crippen LogP contribution in [0, 0.1) is 6.92 Å². The van der Waals surface area contributed by atoms with Crippen LogP contribution in [-0.2, 0) is 6.18 Å². The highest BCUT2D eigenvalue weighted by Crippen LogP contribution is 2.33. The van der Waals surface area contributed by atoms with Gasteiger partial charge in [-0.3, -0.25) is 14.3 Å². The molecule has 1 aliphatic rings. The lowest BCUT2D eigenvalue weighted by molar-refractivity contribution is -0.137. The molecule has 11 heteroatoms. The second-order valence-electron chi connectivity index (χ2n) is 7.28. The summed E-state index contributed by atoms with van der Waals surface area (Å²) in [7, 11) is 0. The first kappa shape index (κ1) is 23.3. The first-order chi connectivity index (χ1) is 14.6. The zero-order valence-electron chi connectivity index (χ0n) is 17.1. The minimum atomic E-state index is -4.46. The molecule has 1 aliphatic heterocycles. The Balaban J connectivity index is 0.00000289. The van der Waals surface area contributed by atoms with Crippen molar-refractivity contribution in [1.82, 2.24) is 14.8 Å². The average molecular weight is 463 g/mol. The molecule has 0 saturated heterocycles. The fourth-order valence-corrected chi connectivity index (χ4v) is 3.46. The number of aryl methyl sites for hydroxylation is 1. The zero-order valence-corrected chi connectivity index (χ0v) is 18.1. The molecule has 1 N–H and O–H groups in total. The van der Waals surface area contributed by atoms with Gasteiger partial charge in [-0.05, 0) is 50.2 Å². The molecular formula is C21H20F3N5O2S. The van der Waals surface area contributed by atoms with Crippen LogP contribution in [0.5, 0.6) is 0 Å². The lowest BCUT2D eigenvalue weighted by Gasteiger charge is -2.32. The van der Waals surface area contributed by atoms with E-state index in [0.29, 0.717) is 11.4 Å². The van der Waals surface area contributed by atoms with Crippen LogP contribution >= 0.6 is 13.5 Å². The molecule has 4 rings (SSSR count). The fraction of sp³-hybridized carbons (Fsp3) is 0.238. The summed E-state index contributed by atoms with van der Waals surface area (Å²) in [6, 6.07) is 9.14. The minimum absolute atomic E-state index is 0. The number of pyridine rings is 1. The number of halogens is 3. The highest BCUT2D eigenvalue weighted by molar-refractivity contribution is 7.59. The summed E-state index contributed by atoms with van der Waals surface area (Å²) in [6.45, 7) is 3.81. The Kier molecular flexibility index (Phi) is 6.31. The van der Waals surface area contributed by atoms with Gasteiger partial charge in [0.15, 0.2) is 5.69 Å². The van der Waals surface area contributed by atoms with E-state index in [9.17, 15) is 22.8 Å². The van der Waals surface area contributed by atoms with Crippen LogP contribution in [0.25, 0.3) is 0 Å². The van der Waals surface area contributed by atoms with E-state index in [0.717, 1.165) is 12.1 Å². The number of hydrogen-bond acceptors (Lipinski definition) is 4. The number of nitrogens with one attached hydrogen (secondary N) is 1. The van der Waals surface area contributed by atoms with Crippen molar-refractivity contribution >= 4 is 36.7 Å². The molecule has 0 bridgehead atoms. The molecule has 0 saturated carbocycles. The smallest absolute Gasteiger partial charge is 0.317 e. The first-order valence-corrected chi connectivity index (χ1v) is 9.47. The highest BCUT2D eigenvalue weighted by atomic mass is 32.1. The highest BCUT2D eigenvalue weighted by Gasteiger charge is 2.35. The van der Waals surface area contributed by atoms with Gasteiger partial charge < -0.3 is 10.2 Å². The molecule has 2 aromatic heterocycles. The van der Waals surface area contributed by atoms with Crippen molar-refractivity contribution in [3.63, 3.8) is 0 Å². The number of hydrogen-bond donors (Lipinski definition) is 1. The van der Waals surface area contributed by atoms with Crippen molar-refractivity contribution in [3.05, 3.63) is 71.3 Å². The second kappa shape index (κ2) is 8.65. The van der Waals surface area contributed by atoms with Crippen LogP contribution in [-0.4, -0.2) is 33.1 Å². The molecule has 0 aliphatic carbocycles. The van der Waals surface area contributed by atoms with E-state index >= 15 is 0 Å². The molecule has 0 radical (unpaired) electrons. The Morgan fingerprint density at radius 1 is 1.16 bits per heavy atom. The molecule has 3 aromatic rings. The third kappa shape index (κ3) is 4.33. The van der Waals surface area contributed by atoms with Gasteiger partial charge in [0.25, 0.3) is 11.8 Å². The van der Waals surface area contributed by atoms with Crippen molar-refractivity contribution < 1.29 is 22.8 Å². The van der Waals surface area contributed by atoms with E-state index < -0.39 is 23.6 Å². The van der Waals surface area contributed by atoms with Crippen molar-refractivity contribution in [2.75, 3.05) is 16.8 Å². The van der Waals surface area contributed by atoms with E-state index in [1.54, 1.807) is 25.1 Å². The van der Waals surface area contributed by atoms with Crippen LogP contribution in [0.3, 0.4) is 0 Å². The zero-order chi connectivity index (χ0) is 22.3. The van der Waals surface area contributed by atoms with Crippen molar-refractivity contribution in [2.45, 2.75) is 26.1 Å². The third-order valence-corrected chi connectivity index (χ3v) is 4.98. The molecule has 32 heavy (non-hydrogen) atoms. The number of anilines is 2. The van der Waals surface area contributed by atoms with Gasteiger partial charge >= 0.3 is 6.18 Å². The predicted octanol–water partition coefficient (Wildman–Crippen LogP) is 4.19. The largest absolute Gasteiger partial charge is 0.416 e. The summed E-state index contributed by atoms with van der Waals surface area (Å²) in [5, 5.41) is 6.88. The molecule has 0 spiro atoms. The first-order valence-electron chi connectivity index (χ1n) is 9.47. The van der Waals surface area contributed by atoms with Gasteiger partial charge in [0.05, 0.1) is 23.5 Å². The van der Waals surface area contributed by atoms with E-state index in [1.165, 1.54) is 27.9 Å². The lowest BCUT2D eigenvalue weighted by Crippen LogP contribution is -2.43. The summed E-state index contributed by atoms with van der Waals surface area (Å²) in [5.41, 5.74) is 0.757. The average Bonchev–Trinajstić information content (AvgIpc) is 3.14. The summed E-state index contributed by atoms with van der Waals surface area (Å²) >= 11 is 0. The van der Waals surface area contributed by atoms with E-state index in [-0.39, 0.29) is 43.2 Å². The maximum absolute atomic E-state index is 13.2. The van der Waals surface area contributed by atoms with Gasteiger partial charge in [-0.25, -0.2) is 4.98 Å². The molecule has 168 valence electrons. The monoisotopic (exact) mass is 463 g/mol. The van der Waals surface area contributed by atoms with Crippen LogP contribution in [0.2, 0.25) is 0 Å². The maximum atomic E-state index is 13.2. The summed E-state index contributed by atoms with van der Waals surface area (Å²) < 4.78 is 40.1. The summed E-state index contributed by atoms with van der Waals surface area (Å²) in [4.78, 5) is 31.3. The Hall–Kier alpha value is -3.34. The van der Waals surface area contributed by atoms with Crippen LogP contribution in [0.15, 0.2) is 48.7 Å². The number of fused-ring (bicyclic) bond motifs is 1. The minimum Gasteiger partial charge on any atom is -0.317 e. The van der Waals surface area contributed by atoms with Gasteiger partial charge in [-0.1, -0.05) is 6.07 Å². The number of carbonyl (C=O) groups is 2. The van der Waals surface area contributed by atoms with E-state index in [4.69, 9.17) is 0 Å². The van der Waals surface area contributed by atoms with Gasteiger partial charge in [0.1, 0.15) is 5.69 Å². The Bertz CT molecular complexity index is 1160. The van der Waals surface area contributed by atoms with Gasteiger partial charge in [-0.15, -0.1) is 0 Å². The lowest BCUT2D eigenvalue weighted by atomic mass is 10.1. The normalized spacial score (nSPS) is 15.7. The quantitative estimate of drug-likeness (QED) is 0.632. The molecule has 0 unspecified atom stereocenters. The second-order valence-corrected chi connectivity index (χ2v) is 7.28. The number of aromatic nitrogens is 3. The molecule has 3 heterocycles. The van der Waals surface area contributed by atoms with Gasteiger partial charge in [0.2, 0.25) is 0 Å². The molecule has 1 atom stereocenters. The molecule has 7 nitrogen and oxygen atoms in total. The predicted molar refractivity (Wildman–Crippen MR) is 117 cm³/mol. The maximum Gasteiger partial charge on any atom is 0.416 e. The molecule has 1 aromatic carbocycles. The number of nitrogens with zero attached hydrogens (tertiary/aromatic N) is 4. The number of rotatable bonds is 3. The van der Waals surface area contributed by atoms with Crippen molar-refractivity contribution in [2.24, 2.45) is 0 Å². The van der Waals surface area contributed by atoms with E-state index in [2.05, 4.69) is 15.4 Å². The molecule has 0 fully saturated rings. The summed E-state index contributed by atoms with van der Waals surface area (Å²) in [6.07, 6.45) is -3.08. The SMILES string of the molecule is Cc1cccc(C(=O)Nc2cnn3c2C(=O)N(c2ccc(C(F)(F)F)cc2)C[C@@H]3C)n1.S. The van der Waals surface area contributed by atoms with Crippen LogP contribution in [0.4, 0.5) is 24.5 Å². The van der Waals surface area contributed by atoms with Crippen molar-refractivity contribution in [1.29, 1.82) is 0 Å². The number of alkyl halides is 3. The topological polar surface area (TPSA) is 80.1 Å². The Morgan fingerprint density at radius 3 is 2.47 bits per heavy atom. The van der Waals surface area contributed by atoms with E-state index in [1.807, 2.05) is 6.92 Å². The molecule has 2 amide bonds. The standard InChI is InChI=1S/C21H18F3N5O2.H2S/c1-12-4-3-5-16(26-12)19(30)27-17-10-25-29-13(2)11-28(20(31)18(17)29)15-8-6-14(7-9-15)21(22,23)24;/h3-10,13H,11H2,1-2H3,(H,27,30);1H2/t13-;/m0./s1.